The molecule has 4 aromatic carbocycles. The lowest BCUT2D eigenvalue weighted by molar-refractivity contribution is -0.172. The summed E-state index contributed by atoms with van der Waals surface area (Å²) in [6.07, 6.45) is -1.95. The van der Waals surface area contributed by atoms with E-state index in [1.807, 2.05) is 0 Å². The maximum Gasteiger partial charge on any atom is 0.416 e. The van der Waals surface area contributed by atoms with Crippen molar-refractivity contribution in [2.45, 2.75) is 17.4 Å². The molecule has 8 nitrogen and oxygen atoms in total. The summed E-state index contributed by atoms with van der Waals surface area (Å²) >= 11 is 30.1. The number of aromatic nitrogens is 2. The number of carbonyl (C=O) groups excluding carboxylic acids is 2. The van der Waals surface area contributed by atoms with Crippen molar-refractivity contribution in [1.82, 2.24) is 9.97 Å². The van der Waals surface area contributed by atoms with Gasteiger partial charge in [-0.25, -0.2) is 9.97 Å². The van der Waals surface area contributed by atoms with Gasteiger partial charge in [0.05, 0.1) is 25.7 Å². The van der Waals surface area contributed by atoms with E-state index in [9.17, 15) is 13.2 Å². The lowest BCUT2D eigenvalue weighted by atomic mass is 9.70. The molecule has 0 aliphatic carbocycles. The van der Waals surface area contributed by atoms with Crippen LogP contribution in [-0.4, -0.2) is 21.8 Å². The van der Waals surface area contributed by atoms with Crippen LogP contribution < -0.4 is 20.1 Å². The van der Waals surface area contributed by atoms with Gasteiger partial charge in [0, 0.05) is 39.4 Å². The number of hydrogen-bond acceptors (Lipinski definition) is 7. The van der Waals surface area contributed by atoms with E-state index < -0.39 is 34.8 Å². The molecule has 0 aliphatic rings. The van der Waals surface area contributed by atoms with Crippen LogP contribution >= 0.6 is 73.7 Å². The Morgan fingerprint density at radius 3 is 1.80 bits per heavy atom. The van der Waals surface area contributed by atoms with E-state index in [4.69, 9.17) is 55.9 Å². The molecule has 2 heterocycles. The maximum absolute atomic E-state index is 15.5. The number of pyridine rings is 1. The largest absolute Gasteiger partial charge is 0.467 e. The van der Waals surface area contributed by atoms with Gasteiger partial charge >= 0.3 is 6.18 Å². The summed E-state index contributed by atoms with van der Waals surface area (Å²) in [5.41, 5.74) is -7.08. The molecule has 2 aromatic heterocycles. The van der Waals surface area contributed by atoms with Crippen molar-refractivity contribution in [3.8, 4) is 11.5 Å². The predicted octanol–water partition coefficient (Wildman–Crippen LogP) is 11.5. The van der Waals surface area contributed by atoms with Crippen LogP contribution in [0.1, 0.15) is 16.7 Å². The van der Waals surface area contributed by atoms with Gasteiger partial charge in [0.2, 0.25) is 0 Å². The number of nitrogens with zero attached hydrogens (tertiary/aromatic N) is 2. The average molecular weight is 897 g/mol. The van der Waals surface area contributed by atoms with Crippen LogP contribution in [0, 0.1) is 0 Å². The van der Waals surface area contributed by atoms with Crippen LogP contribution in [-0.2, 0) is 27.0 Å². The fourth-order valence-electron chi connectivity index (χ4n) is 5.46. The third-order valence-electron chi connectivity index (χ3n) is 7.89. The highest BCUT2D eigenvalue weighted by Gasteiger charge is 2.69. The first kappa shape index (κ1) is 39.3. The molecular weight excluding hydrogens is 875 g/mol. The summed E-state index contributed by atoms with van der Waals surface area (Å²) in [4.78, 5) is 39.4. The highest BCUT2D eigenvalue weighted by atomic mass is 79.9. The summed E-state index contributed by atoms with van der Waals surface area (Å²) in [5, 5.41) is 7.18. The number of amides is 2. The fourth-order valence-corrected chi connectivity index (χ4v) is 6.83. The Bertz CT molecular complexity index is 2290. The van der Waals surface area contributed by atoms with E-state index in [0.717, 1.165) is 35.6 Å². The maximum atomic E-state index is 15.5. The Morgan fingerprint density at radius 1 is 0.630 bits per heavy atom. The molecule has 54 heavy (non-hydrogen) atoms. The van der Waals surface area contributed by atoms with E-state index in [-0.39, 0.29) is 53.7 Å². The topological polar surface area (TPSA) is 102 Å². The summed E-state index contributed by atoms with van der Waals surface area (Å²) in [7, 11) is 0. The molecule has 2 amide bonds. The molecule has 0 spiro atoms. The molecule has 17 heteroatoms. The standard InChI is InChI=1S/C37H22BrCl4F3N4O4S/c38-24-9-11-25(12-10-24)52-35(32(50)48-31-3-1-2-16-46-31,21-4-6-22(7-5-21)37(43,44)45)36(23-8-14-27(39)29(41)19-23,33(51)49-34-47-17-18-54-34)53-26-13-15-28(40)30(42)20-26/h1-20H,(H,46,48,50)(H,47,49,51). The number of halogens is 8. The first-order chi connectivity index (χ1) is 25.7. The average Bonchev–Trinajstić information content (AvgIpc) is 3.66. The van der Waals surface area contributed by atoms with Gasteiger partial charge in [-0.05, 0) is 72.8 Å². The van der Waals surface area contributed by atoms with Crippen LogP contribution in [0.25, 0.3) is 0 Å². The number of ether oxygens (including phenoxy) is 2. The first-order valence-electron chi connectivity index (χ1n) is 15.4. The van der Waals surface area contributed by atoms with Crippen molar-refractivity contribution in [2.75, 3.05) is 10.6 Å². The van der Waals surface area contributed by atoms with E-state index >= 15 is 9.59 Å². The number of anilines is 2. The van der Waals surface area contributed by atoms with Gasteiger partial charge < -0.3 is 14.8 Å². The summed E-state index contributed by atoms with van der Waals surface area (Å²) in [5.74, 6) is -2.32. The van der Waals surface area contributed by atoms with Gasteiger partial charge in [0.15, 0.2) is 5.13 Å². The molecule has 2 N–H and O–H groups in total. The van der Waals surface area contributed by atoms with Crippen molar-refractivity contribution in [1.29, 1.82) is 0 Å². The zero-order valence-corrected chi connectivity index (χ0v) is 32.4. The number of rotatable bonds is 11. The SMILES string of the molecule is O=C(Nc1ccccn1)C(Oc1ccc(Br)cc1)(c1ccc(C(F)(F)F)cc1)C(Oc1ccc(Cl)c(Cl)c1)(C(=O)Nc1nccs1)c1ccc(Cl)c(Cl)c1. The Labute approximate surface area is 338 Å². The van der Waals surface area contributed by atoms with Crippen LogP contribution in [0.2, 0.25) is 20.1 Å². The Hall–Kier alpha value is -4.37. The molecule has 0 bridgehead atoms. The van der Waals surface area contributed by atoms with Crippen molar-refractivity contribution in [3.05, 3.63) is 162 Å². The second-order valence-corrected chi connectivity index (χ2v) is 14.7. The second-order valence-electron chi connectivity index (χ2n) is 11.3. The third-order valence-corrected chi connectivity index (χ3v) is 10.6. The normalized spacial score (nSPS) is 13.6. The number of thiazole rings is 1. The second kappa shape index (κ2) is 16.2. The highest BCUT2D eigenvalue weighted by Crippen LogP contribution is 2.51. The van der Waals surface area contributed by atoms with E-state index in [2.05, 4.69) is 36.5 Å². The zero-order chi connectivity index (χ0) is 38.7. The lowest BCUT2D eigenvalue weighted by Crippen LogP contribution is -2.67. The molecule has 6 aromatic rings. The van der Waals surface area contributed by atoms with Gasteiger partial charge in [-0.3, -0.25) is 14.9 Å². The molecule has 2 atom stereocenters. The van der Waals surface area contributed by atoms with Gasteiger partial charge in [-0.15, -0.1) is 11.3 Å². The quantitative estimate of drug-likeness (QED) is 0.134. The monoisotopic (exact) mass is 894 g/mol. The predicted molar refractivity (Wildman–Crippen MR) is 207 cm³/mol. The number of alkyl halides is 3. The first-order valence-corrected chi connectivity index (χ1v) is 18.6. The number of carbonyl (C=O) groups is 2. The Kier molecular flexibility index (Phi) is 11.8. The van der Waals surface area contributed by atoms with E-state index in [1.54, 1.807) is 29.6 Å². The number of hydrogen-bond donors (Lipinski definition) is 2. The molecule has 0 saturated heterocycles. The van der Waals surface area contributed by atoms with Crippen LogP contribution in [0.5, 0.6) is 11.5 Å². The number of benzene rings is 4. The minimum Gasteiger partial charge on any atom is -0.467 e. The van der Waals surface area contributed by atoms with E-state index in [1.165, 1.54) is 67.0 Å². The van der Waals surface area contributed by atoms with Crippen molar-refractivity contribution in [2.24, 2.45) is 0 Å². The molecule has 6 rings (SSSR count). The Balaban J connectivity index is 1.79. The third kappa shape index (κ3) is 8.02. The smallest absolute Gasteiger partial charge is 0.416 e. The van der Waals surface area contributed by atoms with Gasteiger partial charge in [-0.1, -0.05) is 86.6 Å². The minimum atomic E-state index is -4.77. The zero-order valence-electron chi connectivity index (χ0n) is 27.0. The molecule has 276 valence electrons. The lowest BCUT2D eigenvalue weighted by Gasteiger charge is -2.47. The van der Waals surface area contributed by atoms with Gasteiger partial charge in [-0.2, -0.15) is 13.2 Å². The molecule has 0 aliphatic heterocycles. The van der Waals surface area contributed by atoms with Gasteiger partial charge in [0.1, 0.15) is 17.3 Å². The summed E-state index contributed by atoms with van der Waals surface area (Å²) < 4.78 is 56.4. The van der Waals surface area contributed by atoms with Crippen molar-refractivity contribution >= 4 is 96.4 Å². The number of nitrogens with one attached hydrogen (secondary N) is 2. The van der Waals surface area contributed by atoms with Crippen LogP contribution in [0.4, 0.5) is 24.1 Å². The van der Waals surface area contributed by atoms with Crippen LogP contribution in [0.15, 0.2) is 125 Å². The van der Waals surface area contributed by atoms with Crippen molar-refractivity contribution < 1.29 is 32.2 Å². The van der Waals surface area contributed by atoms with Gasteiger partial charge in [0.25, 0.3) is 23.0 Å². The summed E-state index contributed by atoms with van der Waals surface area (Å²) in [6.45, 7) is 0. The highest BCUT2D eigenvalue weighted by molar-refractivity contribution is 9.10. The van der Waals surface area contributed by atoms with E-state index in [0.29, 0.717) is 4.47 Å². The Morgan fingerprint density at radius 2 is 1.20 bits per heavy atom. The summed E-state index contributed by atoms with van der Waals surface area (Å²) in [6, 6.07) is 22.4. The molecular formula is C37H22BrCl4F3N4O4S. The fraction of sp³-hybridized carbons (Fsp3) is 0.0811. The van der Waals surface area contributed by atoms with Crippen molar-refractivity contribution in [3.63, 3.8) is 0 Å². The molecule has 0 saturated carbocycles. The molecule has 0 fully saturated rings. The minimum absolute atomic E-state index is 0.00361. The van der Waals surface area contributed by atoms with Crippen LogP contribution in [0.3, 0.4) is 0 Å². The molecule has 0 radical (unpaired) electrons. The molecule has 2 unspecified atom stereocenters.